The average molecular weight is 368 g/mol. The van der Waals surface area contributed by atoms with Crippen LogP contribution in [0.2, 0.25) is 0 Å². The largest absolute Gasteiger partial charge is 0.348 e. The minimum absolute atomic E-state index is 0.0347. The molecule has 0 fully saturated rings. The molecule has 0 saturated heterocycles. The van der Waals surface area contributed by atoms with E-state index in [9.17, 15) is 4.79 Å². The first-order valence-corrected chi connectivity index (χ1v) is 9.50. The van der Waals surface area contributed by atoms with Gasteiger partial charge in [0.25, 0.3) is 0 Å². The first-order chi connectivity index (χ1) is 12.1. The lowest BCUT2D eigenvalue weighted by molar-refractivity contribution is -0.128. The highest BCUT2D eigenvalue weighted by Gasteiger charge is 2.26. The number of aromatic nitrogens is 3. The number of carbonyl (C=O) groups is 1. The molecule has 0 spiro atoms. The molecule has 0 unspecified atom stereocenters. The van der Waals surface area contributed by atoms with Crippen LogP contribution in [0.5, 0.6) is 0 Å². The zero-order chi connectivity index (χ0) is 17.4. The fourth-order valence-corrected chi connectivity index (χ4v) is 4.88. The zero-order valence-corrected chi connectivity index (χ0v) is 15.4. The number of likely N-dealkylation sites (N-methyl/N-ethyl adjacent to an activating group) is 1. The van der Waals surface area contributed by atoms with Gasteiger partial charge < -0.3 is 4.90 Å². The van der Waals surface area contributed by atoms with Gasteiger partial charge in [-0.2, -0.15) is 0 Å². The van der Waals surface area contributed by atoms with Crippen molar-refractivity contribution in [2.75, 3.05) is 14.1 Å². The lowest BCUT2D eigenvalue weighted by Gasteiger charge is -2.19. The van der Waals surface area contributed by atoms with Crippen molar-refractivity contribution in [3.63, 3.8) is 0 Å². The number of rotatable bonds is 4. The fourth-order valence-electron chi connectivity index (χ4n) is 2.66. The second kappa shape index (κ2) is 6.50. The molecule has 5 nitrogen and oxygen atoms in total. The number of amides is 1. The number of para-hydroxylation sites is 1. The third-order valence-corrected chi connectivity index (χ3v) is 6.10. The van der Waals surface area contributed by atoms with Crippen molar-refractivity contribution in [2.24, 2.45) is 0 Å². The van der Waals surface area contributed by atoms with Crippen molar-refractivity contribution in [2.45, 2.75) is 10.4 Å². The molecule has 0 N–H and O–H groups in total. The molecule has 4 aromatic rings. The van der Waals surface area contributed by atoms with Crippen LogP contribution in [0.25, 0.3) is 15.2 Å². The Bertz CT molecular complexity index is 1040. The van der Waals surface area contributed by atoms with Gasteiger partial charge in [-0.3, -0.25) is 9.20 Å². The van der Waals surface area contributed by atoms with Gasteiger partial charge in [0.15, 0.2) is 5.16 Å². The van der Waals surface area contributed by atoms with Crippen molar-refractivity contribution >= 4 is 44.2 Å². The summed E-state index contributed by atoms with van der Waals surface area (Å²) in [5.41, 5.74) is 2.03. The third-order valence-electron chi connectivity index (χ3n) is 3.90. The van der Waals surface area contributed by atoms with E-state index in [1.165, 1.54) is 11.8 Å². The van der Waals surface area contributed by atoms with Gasteiger partial charge in [-0.15, -0.1) is 10.2 Å². The maximum absolute atomic E-state index is 12.8. The van der Waals surface area contributed by atoms with Crippen LogP contribution in [-0.2, 0) is 4.79 Å². The Morgan fingerprint density at radius 3 is 2.56 bits per heavy atom. The van der Waals surface area contributed by atoms with E-state index >= 15 is 0 Å². The average Bonchev–Trinajstić information content (AvgIpc) is 3.19. The summed E-state index contributed by atoms with van der Waals surface area (Å²) in [5.74, 6) is 0.0347. The first-order valence-electron chi connectivity index (χ1n) is 7.80. The Morgan fingerprint density at radius 1 is 1.08 bits per heavy atom. The number of nitrogens with zero attached hydrogens (tertiary/aromatic N) is 4. The topological polar surface area (TPSA) is 50.5 Å². The Labute approximate surface area is 153 Å². The summed E-state index contributed by atoms with van der Waals surface area (Å²) in [4.78, 5) is 15.2. The van der Waals surface area contributed by atoms with E-state index in [-0.39, 0.29) is 11.2 Å². The highest BCUT2D eigenvalue weighted by atomic mass is 32.2. The fraction of sp³-hybridized carbons (Fsp3) is 0.167. The molecule has 0 saturated carbocycles. The summed E-state index contributed by atoms with van der Waals surface area (Å²) in [6.45, 7) is 0. The molecule has 126 valence electrons. The lowest BCUT2D eigenvalue weighted by atomic mass is 10.1. The smallest absolute Gasteiger partial charge is 0.240 e. The van der Waals surface area contributed by atoms with Gasteiger partial charge in [-0.05, 0) is 17.7 Å². The van der Waals surface area contributed by atoms with Gasteiger partial charge in [0, 0.05) is 14.1 Å². The predicted octanol–water partition coefficient (Wildman–Crippen LogP) is 3.87. The third kappa shape index (κ3) is 2.89. The maximum atomic E-state index is 12.8. The number of hydrogen-bond acceptors (Lipinski definition) is 5. The highest BCUT2D eigenvalue weighted by molar-refractivity contribution is 8.00. The first kappa shape index (κ1) is 16.1. The number of thiazole rings is 1. The molecular weight excluding hydrogens is 352 g/mol. The molecule has 0 aliphatic carbocycles. The summed E-state index contributed by atoms with van der Waals surface area (Å²) in [6.07, 6.45) is 0. The maximum Gasteiger partial charge on any atom is 0.240 e. The quantitative estimate of drug-likeness (QED) is 0.513. The van der Waals surface area contributed by atoms with E-state index in [1.807, 2.05) is 46.9 Å². The molecule has 2 aromatic heterocycles. The standard InChI is InChI=1S/C18H16N4OS2/c1-21(2)16(23)15(12-8-4-3-5-9-12)25-18-20-19-17-22(18)13-10-6-7-11-14(13)24-17/h3-11,15H,1-2H3/t15-/m1/s1. The molecule has 4 rings (SSSR count). The van der Waals surface area contributed by atoms with Crippen molar-refractivity contribution in [1.82, 2.24) is 19.5 Å². The number of thioether (sulfide) groups is 1. The molecular formula is C18H16N4OS2. The molecule has 1 atom stereocenters. The SMILES string of the molecule is CN(C)C(=O)[C@H](Sc1nnc2sc3ccccc3n12)c1ccccc1. The lowest BCUT2D eigenvalue weighted by Crippen LogP contribution is -2.26. The summed E-state index contributed by atoms with van der Waals surface area (Å²) in [5, 5.41) is 8.99. The number of hydrogen-bond donors (Lipinski definition) is 0. The number of benzene rings is 2. The van der Waals surface area contributed by atoms with Crippen LogP contribution >= 0.6 is 23.1 Å². The van der Waals surface area contributed by atoms with E-state index in [2.05, 4.69) is 22.3 Å². The summed E-state index contributed by atoms with van der Waals surface area (Å²) in [6, 6.07) is 17.9. The van der Waals surface area contributed by atoms with Crippen LogP contribution in [0.4, 0.5) is 0 Å². The molecule has 2 aromatic carbocycles. The minimum Gasteiger partial charge on any atom is -0.348 e. The summed E-state index contributed by atoms with van der Waals surface area (Å²) in [7, 11) is 3.55. The van der Waals surface area contributed by atoms with E-state index in [0.29, 0.717) is 0 Å². The second-order valence-electron chi connectivity index (χ2n) is 5.81. The van der Waals surface area contributed by atoms with Gasteiger partial charge in [0.1, 0.15) is 5.25 Å². The number of carbonyl (C=O) groups excluding carboxylic acids is 1. The van der Waals surface area contributed by atoms with Crippen LogP contribution in [0.15, 0.2) is 59.8 Å². The van der Waals surface area contributed by atoms with Crippen molar-refractivity contribution in [3.8, 4) is 0 Å². The predicted molar refractivity (Wildman–Crippen MR) is 102 cm³/mol. The molecule has 25 heavy (non-hydrogen) atoms. The van der Waals surface area contributed by atoms with Crippen molar-refractivity contribution in [1.29, 1.82) is 0 Å². The van der Waals surface area contributed by atoms with Crippen LogP contribution in [0, 0.1) is 0 Å². The Kier molecular flexibility index (Phi) is 4.19. The molecule has 0 radical (unpaired) electrons. The molecule has 0 aliphatic rings. The molecule has 0 aliphatic heterocycles. The van der Waals surface area contributed by atoms with Crippen molar-refractivity contribution < 1.29 is 4.79 Å². The Hall–Kier alpha value is -2.38. The van der Waals surface area contributed by atoms with Gasteiger partial charge in [0.05, 0.1) is 10.2 Å². The van der Waals surface area contributed by atoms with E-state index in [4.69, 9.17) is 0 Å². The van der Waals surface area contributed by atoms with Crippen LogP contribution < -0.4 is 0 Å². The second-order valence-corrected chi connectivity index (χ2v) is 7.89. The monoisotopic (exact) mass is 368 g/mol. The summed E-state index contributed by atoms with van der Waals surface area (Å²) >= 11 is 3.04. The molecule has 7 heteroatoms. The van der Waals surface area contributed by atoms with E-state index in [1.54, 1.807) is 30.3 Å². The van der Waals surface area contributed by atoms with Gasteiger partial charge >= 0.3 is 0 Å². The van der Waals surface area contributed by atoms with Gasteiger partial charge in [-0.25, -0.2) is 0 Å². The Morgan fingerprint density at radius 2 is 1.80 bits per heavy atom. The molecule has 0 bridgehead atoms. The molecule has 2 heterocycles. The number of fused-ring (bicyclic) bond motifs is 3. The normalized spacial score (nSPS) is 12.6. The van der Waals surface area contributed by atoms with Gasteiger partial charge in [-0.1, -0.05) is 65.6 Å². The van der Waals surface area contributed by atoms with E-state index < -0.39 is 0 Å². The Balaban J connectivity index is 1.80. The molecule has 1 amide bonds. The van der Waals surface area contributed by atoms with Crippen LogP contribution in [0.1, 0.15) is 10.8 Å². The van der Waals surface area contributed by atoms with Crippen LogP contribution in [-0.4, -0.2) is 39.5 Å². The highest BCUT2D eigenvalue weighted by Crippen LogP contribution is 2.38. The van der Waals surface area contributed by atoms with Crippen molar-refractivity contribution in [3.05, 3.63) is 60.2 Å². The minimum atomic E-state index is -0.359. The summed E-state index contributed by atoms with van der Waals surface area (Å²) < 4.78 is 3.19. The zero-order valence-electron chi connectivity index (χ0n) is 13.8. The van der Waals surface area contributed by atoms with Crippen LogP contribution in [0.3, 0.4) is 0 Å². The van der Waals surface area contributed by atoms with E-state index in [0.717, 1.165) is 25.9 Å². The van der Waals surface area contributed by atoms with Gasteiger partial charge in [0.2, 0.25) is 10.9 Å².